The van der Waals surface area contributed by atoms with E-state index in [1.54, 1.807) is 109 Å². The number of nitrogens with zero attached hydrogens (tertiary/aromatic N) is 5. The summed E-state index contributed by atoms with van der Waals surface area (Å²) in [4.78, 5) is 49.1. The lowest BCUT2D eigenvalue weighted by atomic mass is 9.85. The fourth-order valence-corrected chi connectivity index (χ4v) is 9.17. The second-order valence-electron chi connectivity index (χ2n) is 18.4. The number of thiol groups is 1. The molecule has 400 valence electrons. The molecule has 0 unspecified atom stereocenters. The van der Waals surface area contributed by atoms with Gasteiger partial charge in [0.1, 0.15) is 46.6 Å². The van der Waals surface area contributed by atoms with Crippen LogP contribution >= 0.6 is 12.6 Å². The first-order valence-electron chi connectivity index (χ1n) is 25.2. The molecule has 4 N–H and O–H groups in total. The van der Waals surface area contributed by atoms with Crippen molar-refractivity contribution in [2.45, 2.75) is 5.75 Å². The van der Waals surface area contributed by atoms with Gasteiger partial charge in [0.05, 0.1) is 0 Å². The summed E-state index contributed by atoms with van der Waals surface area (Å²) in [6.07, 6.45) is 7.17. The molecule has 0 radical (unpaired) electrons. The van der Waals surface area contributed by atoms with Gasteiger partial charge >= 0.3 is 23.9 Å². The summed E-state index contributed by atoms with van der Waals surface area (Å²) in [5.74, 6) is -4.94. The van der Waals surface area contributed by atoms with Gasteiger partial charge in [-0.1, -0.05) is 164 Å². The molecule has 0 amide bonds. The van der Waals surface area contributed by atoms with Gasteiger partial charge < -0.3 is 25.3 Å². The van der Waals surface area contributed by atoms with Crippen LogP contribution in [0.25, 0.3) is 47.1 Å². The molecule has 8 aromatic carbocycles. The zero-order chi connectivity index (χ0) is 59.0. The summed E-state index contributed by atoms with van der Waals surface area (Å²) >= 11 is 4.51. The van der Waals surface area contributed by atoms with Crippen LogP contribution in [0.1, 0.15) is 66.8 Å². The van der Waals surface area contributed by atoms with Gasteiger partial charge in [-0.3, -0.25) is 0 Å². The van der Waals surface area contributed by atoms with E-state index in [1.807, 2.05) is 115 Å². The van der Waals surface area contributed by atoms with Gasteiger partial charge in [-0.25, -0.2) is 19.2 Å². The molecule has 0 saturated heterocycles. The van der Waals surface area contributed by atoms with Crippen molar-refractivity contribution < 1.29 is 39.6 Å². The number of carboxylic acids is 4. The van der Waals surface area contributed by atoms with Gasteiger partial charge in [0, 0.05) is 22.8 Å². The quantitative estimate of drug-likeness (QED) is 0.0219. The molecule has 0 atom stereocenters. The van der Waals surface area contributed by atoms with Crippen molar-refractivity contribution >= 4 is 101 Å². The minimum Gasteiger partial charge on any atom is -0.477 e. The molecule has 0 aromatic heterocycles. The third-order valence-electron chi connectivity index (χ3n) is 13.1. The normalized spacial score (nSPS) is 11.7. The van der Waals surface area contributed by atoms with Gasteiger partial charge in [0.2, 0.25) is 0 Å². The number of carbonyl (C=O) groups is 4. The summed E-state index contributed by atoms with van der Waals surface area (Å²) in [5.41, 5.74) is 11.1. The Balaban J connectivity index is 1.30. The number of anilines is 3. The summed E-state index contributed by atoms with van der Waals surface area (Å²) in [7, 11) is 0. The molecule has 8 aromatic rings. The Morgan fingerprint density at radius 3 is 0.880 bits per heavy atom. The van der Waals surface area contributed by atoms with Crippen molar-refractivity contribution in [2.75, 3.05) is 4.90 Å². The van der Waals surface area contributed by atoms with E-state index in [2.05, 4.69) is 23.6 Å². The number of carboxylic acid groups (broad SMARTS) is 4. The molecule has 0 spiro atoms. The van der Waals surface area contributed by atoms with Crippen LogP contribution in [0, 0.1) is 45.3 Å². The van der Waals surface area contributed by atoms with Crippen molar-refractivity contribution in [3.05, 3.63) is 289 Å². The first-order chi connectivity index (χ1) is 40.2. The van der Waals surface area contributed by atoms with Crippen LogP contribution < -0.4 is 4.90 Å². The predicted molar refractivity (Wildman–Crippen MR) is 323 cm³/mol. The van der Waals surface area contributed by atoms with E-state index in [4.69, 9.17) is 0 Å². The molecule has 83 heavy (non-hydrogen) atoms. The molecular formula is C69H45N5O8S. The zero-order valence-electron chi connectivity index (χ0n) is 43.8. The minimum absolute atomic E-state index is 0.383. The largest absolute Gasteiger partial charge is 0.477 e. The number of benzene rings is 8. The number of hydrogen-bond donors (Lipinski definition) is 5. The third kappa shape index (κ3) is 14.1. The van der Waals surface area contributed by atoms with Crippen LogP contribution in [0.15, 0.2) is 222 Å². The standard InChI is InChI=1S/C69H45N5O8S/c70-39-56(66(75)76)34-45-6-16-50(17-7-45)63(38-44-4-2-1-3-5-44)51-24-30-61(31-25-51)74(60-28-14-49(43-83)15-29-60)62-32-26-55(27-33-62)65(54-22-12-48(13-23-54)37-59(42-73)69(81)82)64(52-18-8-46(9-19-52)35-57(40-71)67(77)78)53-20-10-47(11-21-53)36-58(41-72)68(79)80/h1-38,83H,43H2,(H,75,76)(H,77,78)(H,79,80)(H,81,82)/b56-34+,57-35+,58-36+,59-37+,63-38-. The number of nitriles is 4. The lowest BCUT2D eigenvalue weighted by Gasteiger charge is -2.27. The summed E-state index contributed by atoms with van der Waals surface area (Å²) in [6, 6.07) is 68.7. The van der Waals surface area contributed by atoms with Crippen molar-refractivity contribution in [3.63, 3.8) is 0 Å². The summed E-state index contributed by atoms with van der Waals surface area (Å²) < 4.78 is 0. The third-order valence-corrected chi connectivity index (χ3v) is 13.4. The van der Waals surface area contributed by atoms with Crippen molar-refractivity contribution in [1.29, 1.82) is 21.0 Å². The first-order valence-corrected chi connectivity index (χ1v) is 25.9. The maximum atomic E-state index is 11.8. The maximum Gasteiger partial charge on any atom is 0.346 e. The van der Waals surface area contributed by atoms with E-state index in [9.17, 15) is 60.7 Å². The molecule has 0 heterocycles. The van der Waals surface area contributed by atoms with E-state index < -0.39 is 40.6 Å². The Morgan fingerprint density at radius 2 is 0.602 bits per heavy atom. The highest BCUT2D eigenvalue weighted by molar-refractivity contribution is 7.79. The maximum absolute atomic E-state index is 11.8. The average Bonchev–Trinajstić information content (AvgIpc) is 3.70. The van der Waals surface area contributed by atoms with E-state index in [0.717, 1.165) is 44.9 Å². The Bertz CT molecular complexity index is 4070. The number of aliphatic carboxylic acids is 4. The molecular weight excluding hydrogens is 1060 g/mol. The molecule has 0 aliphatic heterocycles. The van der Waals surface area contributed by atoms with E-state index >= 15 is 0 Å². The molecule has 0 fully saturated rings. The van der Waals surface area contributed by atoms with Crippen molar-refractivity contribution in [1.82, 2.24) is 0 Å². The lowest BCUT2D eigenvalue weighted by molar-refractivity contribution is -0.133. The Hall–Kier alpha value is -11.8. The number of hydrogen-bond acceptors (Lipinski definition) is 10. The highest BCUT2D eigenvalue weighted by Gasteiger charge is 2.21. The molecule has 0 saturated carbocycles. The van der Waals surface area contributed by atoms with Gasteiger partial charge in [0.25, 0.3) is 0 Å². The average molecular weight is 1100 g/mol. The second kappa shape index (κ2) is 26.7. The molecule has 14 heteroatoms. The SMILES string of the molecule is N#C/C(=C\c1ccc(C(=C(c2ccc(/C=C(\C#N)C(=O)O)cc2)c2ccc(N(c3ccc(CS)cc3)c3ccc(/C(=C\c4ccccc4)c4ccc(/C=C(\C#N)C(=O)O)cc4)cc3)cc2)c2ccc(/C=C(\C#N)C(=O)O)cc2)cc1)C(=O)O. The van der Waals surface area contributed by atoms with Crippen LogP contribution in [0.2, 0.25) is 0 Å². The molecule has 8 rings (SSSR count). The smallest absolute Gasteiger partial charge is 0.346 e. The highest BCUT2D eigenvalue weighted by atomic mass is 32.1. The van der Waals surface area contributed by atoms with Gasteiger partial charge in [-0.2, -0.15) is 33.7 Å². The van der Waals surface area contributed by atoms with Gasteiger partial charge in [-0.15, -0.1) is 0 Å². The van der Waals surface area contributed by atoms with E-state index in [-0.39, 0.29) is 5.57 Å². The second-order valence-corrected chi connectivity index (χ2v) is 18.7. The minimum atomic E-state index is -1.38. The molecule has 13 nitrogen and oxygen atoms in total. The topological polar surface area (TPSA) is 248 Å². The van der Waals surface area contributed by atoms with Crippen LogP contribution in [0.5, 0.6) is 0 Å². The van der Waals surface area contributed by atoms with Crippen molar-refractivity contribution in [2.24, 2.45) is 0 Å². The van der Waals surface area contributed by atoms with Gasteiger partial charge in [-0.05, 0) is 150 Å². The van der Waals surface area contributed by atoms with Crippen LogP contribution in [-0.2, 0) is 24.9 Å². The van der Waals surface area contributed by atoms with Crippen LogP contribution in [0.3, 0.4) is 0 Å². The fourth-order valence-electron chi connectivity index (χ4n) is 8.96. The zero-order valence-corrected chi connectivity index (χ0v) is 44.6. The fraction of sp³-hybridized carbons (Fsp3) is 0.0145. The Kier molecular flexibility index (Phi) is 18.5. The van der Waals surface area contributed by atoms with Crippen molar-refractivity contribution in [3.8, 4) is 24.3 Å². The van der Waals surface area contributed by atoms with E-state index in [1.165, 1.54) is 24.3 Å². The first kappa shape index (κ1) is 57.4. The number of rotatable bonds is 19. The van der Waals surface area contributed by atoms with Gasteiger partial charge in [0.15, 0.2) is 0 Å². The van der Waals surface area contributed by atoms with Crippen LogP contribution in [0.4, 0.5) is 17.1 Å². The van der Waals surface area contributed by atoms with Crippen LogP contribution in [-0.4, -0.2) is 44.3 Å². The summed E-state index contributed by atoms with van der Waals surface area (Å²) in [6.45, 7) is 0. The molecule has 0 aliphatic rings. The Morgan fingerprint density at radius 1 is 0.349 bits per heavy atom. The monoisotopic (exact) mass is 1100 g/mol. The summed E-state index contributed by atoms with van der Waals surface area (Å²) in [5, 5.41) is 76.3. The lowest BCUT2D eigenvalue weighted by Crippen LogP contribution is -2.10. The molecule has 0 bridgehead atoms. The molecule has 0 aliphatic carbocycles. The van der Waals surface area contributed by atoms with E-state index in [0.29, 0.717) is 61.4 Å². The predicted octanol–water partition coefficient (Wildman–Crippen LogP) is 14.1. The Labute approximate surface area is 483 Å². The highest BCUT2D eigenvalue weighted by Crippen LogP contribution is 2.41.